The number of nitrogens with zero attached hydrogens (tertiary/aromatic N) is 3. The molecule has 0 N–H and O–H groups in total. The highest BCUT2D eigenvalue weighted by Gasteiger charge is 2.38. The van der Waals surface area contributed by atoms with Crippen LogP contribution in [-0.2, 0) is 26.0 Å². The first-order valence-electron chi connectivity index (χ1n) is 10.5. The van der Waals surface area contributed by atoms with E-state index in [9.17, 15) is 18.0 Å². The highest BCUT2D eigenvalue weighted by Crippen LogP contribution is 2.25. The molecule has 2 amide bonds. The van der Waals surface area contributed by atoms with Gasteiger partial charge in [-0.3, -0.25) is 9.59 Å². The van der Waals surface area contributed by atoms with Crippen molar-refractivity contribution < 1.29 is 18.0 Å². The SMILES string of the molecule is C=CCN1CCN(C2CCN(S(=O)(=O)c3ccc(CC(C)C)cc3)CC2)C(=O)C1=O. The molecule has 164 valence electrons. The molecule has 0 radical (unpaired) electrons. The van der Waals surface area contributed by atoms with Gasteiger partial charge in [-0.25, -0.2) is 8.42 Å². The van der Waals surface area contributed by atoms with E-state index in [1.165, 1.54) is 9.21 Å². The number of piperidine rings is 1. The Balaban J connectivity index is 1.61. The quantitative estimate of drug-likeness (QED) is 0.486. The average molecular weight is 434 g/mol. The van der Waals surface area contributed by atoms with Gasteiger partial charge in [-0.15, -0.1) is 6.58 Å². The minimum absolute atomic E-state index is 0.104. The molecule has 0 spiro atoms. The van der Waals surface area contributed by atoms with E-state index >= 15 is 0 Å². The third kappa shape index (κ3) is 4.75. The molecular weight excluding hydrogens is 402 g/mol. The number of piperazine rings is 1. The van der Waals surface area contributed by atoms with Gasteiger partial charge < -0.3 is 9.80 Å². The minimum atomic E-state index is -3.56. The molecule has 7 nitrogen and oxygen atoms in total. The maximum absolute atomic E-state index is 13.0. The van der Waals surface area contributed by atoms with E-state index in [0.29, 0.717) is 56.4 Å². The molecule has 3 rings (SSSR count). The average Bonchev–Trinajstić information content (AvgIpc) is 2.72. The molecule has 1 aromatic rings. The molecule has 1 aromatic carbocycles. The van der Waals surface area contributed by atoms with Crippen LogP contribution in [0.25, 0.3) is 0 Å². The first-order valence-corrected chi connectivity index (χ1v) is 12.0. The van der Waals surface area contributed by atoms with E-state index in [4.69, 9.17) is 0 Å². The van der Waals surface area contributed by atoms with Crippen LogP contribution in [0.15, 0.2) is 41.8 Å². The van der Waals surface area contributed by atoms with Gasteiger partial charge in [0.05, 0.1) is 4.90 Å². The predicted molar refractivity (Wildman–Crippen MR) is 115 cm³/mol. The molecule has 0 bridgehead atoms. The molecule has 2 fully saturated rings. The topological polar surface area (TPSA) is 78.0 Å². The lowest BCUT2D eigenvalue weighted by atomic mass is 10.0. The van der Waals surface area contributed by atoms with E-state index in [-0.39, 0.29) is 6.04 Å². The van der Waals surface area contributed by atoms with Gasteiger partial charge in [0.15, 0.2) is 0 Å². The summed E-state index contributed by atoms with van der Waals surface area (Å²) in [6.45, 7) is 9.89. The Labute approximate surface area is 179 Å². The van der Waals surface area contributed by atoms with Crippen molar-refractivity contribution in [3.63, 3.8) is 0 Å². The minimum Gasteiger partial charge on any atom is -0.330 e. The second-order valence-electron chi connectivity index (χ2n) is 8.42. The number of sulfonamides is 1. The third-order valence-corrected chi connectivity index (χ3v) is 7.67. The lowest BCUT2D eigenvalue weighted by molar-refractivity contribution is -0.157. The number of carbonyl (C=O) groups is 2. The van der Waals surface area contributed by atoms with Gasteiger partial charge in [0.25, 0.3) is 0 Å². The van der Waals surface area contributed by atoms with Crippen LogP contribution in [0.5, 0.6) is 0 Å². The van der Waals surface area contributed by atoms with Crippen molar-refractivity contribution in [2.75, 3.05) is 32.7 Å². The van der Waals surface area contributed by atoms with Gasteiger partial charge in [-0.05, 0) is 42.9 Å². The molecule has 8 heteroatoms. The number of amides is 2. The largest absolute Gasteiger partial charge is 0.330 e. The normalized spacial score (nSPS) is 19.6. The second kappa shape index (κ2) is 9.31. The van der Waals surface area contributed by atoms with Crippen LogP contribution in [0.3, 0.4) is 0 Å². The summed E-state index contributed by atoms with van der Waals surface area (Å²) >= 11 is 0. The zero-order chi connectivity index (χ0) is 21.9. The van der Waals surface area contributed by atoms with E-state index in [1.807, 2.05) is 12.1 Å². The van der Waals surface area contributed by atoms with Crippen LogP contribution < -0.4 is 0 Å². The Hall–Kier alpha value is -2.19. The first kappa shape index (κ1) is 22.5. The van der Waals surface area contributed by atoms with Crippen molar-refractivity contribution in [2.45, 2.75) is 44.0 Å². The molecule has 0 unspecified atom stereocenters. The number of hydrogen-bond acceptors (Lipinski definition) is 4. The van der Waals surface area contributed by atoms with Crippen LogP contribution in [0.2, 0.25) is 0 Å². The highest BCUT2D eigenvalue weighted by molar-refractivity contribution is 7.89. The third-order valence-electron chi connectivity index (χ3n) is 5.76. The molecular formula is C22H31N3O4S. The van der Waals surface area contributed by atoms with Crippen LogP contribution in [-0.4, -0.2) is 73.1 Å². The van der Waals surface area contributed by atoms with Crippen LogP contribution in [0.4, 0.5) is 0 Å². The summed E-state index contributed by atoms with van der Waals surface area (Å²) in [5.41, 5.74) is 1.13. The monoisotopic (exact) mass is 433 g/mol. The van der Waals surface area contributed by atoms with E-state index < -0.39 is 21.8 Å². The molecule has 2 aliphatic rings. The number of benzene rings is 1. The van der Waals surface area contributed by atoms with Crippen LogP contribution in [0.1, 0.15) is 32.3 Å². The Bertz CT molecular complexity index is 887. The Morgan fingerprint density at radius 2 is 1.67 bits per heavy atom. The van der Waals surface area contributed by atoms with E-state index in [2.05, 4.69) is 20.4 Å². The fourth-order valence-corrected chi connectivity index (χ4v) is 5.65. The predicted octanol–water partition coefficient (Wildman–Crippen LogP) is 1.89. The molecule has 0 atom stereocenters. The van der Waals surface area contributed by atoms with E-state index in [0.717, 1.165) is 12.0 Å². The zero-order valence-electron chi connectivity index (χ0n) is 17.8. The molecule has 2 heterocycles. The molecule has 2 aliphatic heterocycles. The van der Waals surface area contributed by atoms with E-state index in [1.54, 1.807) is 23.1 Å². The number of rotatable bonds is 7. The van der Waals surface area contributed by atoms with Crippen molar-refractivity contribution >= 4 is 21.8 Å². The van der Waals surface area contributed by atoms with Crippen molar-refractivity contribution in [1.29, 1.82) is 0 Å². The number of carbonyl (C=O) groups excluding carboxylic acids is 2. The standard InChI is InChI=1S/C22H31N3O4S/c1-4-11-23-14-15-25(22(27)21(23)26)19-9-12-24(13-10-19)30(28,29)20-7-5-18(6-8-20)16-17(2)3/h4-8,17,19H,1,9-16H2,2-3H3. The van der Waals surface area contributed by atoms with Crippen molar-refractivity contribution in [3.8, 4) is 0 Å². The fourth-order valence-electron chi connectivity index (χ4n) is 4.18. The molecule has 0 aromatic heterocycles. The summed E-state index contributed by atoms with van der Waals surface area (Å²) in [7, 11) is -3.56. The van der Waals surface area contributed by atoms with Gasteiger partial charge in [-0.1, -0.05) is 32.1 Å². The Morgan fingerprint density at radius 3 is 2.23 bits per heavy atom. The van der Waals surface area contributed by atoms with Crippen molar-refractivity contribution in [3.05, 3.63) is 42.5 Å². The summed E-state index contributed by atoms with van der Waals surface area (Å²) in [6.07, 6.45) is 3.59. The maximum Gasteiger partial charge on any atom is 0.312 e. The van der Waals surface area contributed by atoms with Gasteiger partial charge in [0.1, 0.15) is 0 Å². The van der Waals surface area contributed by atoms with Crippen LogP contribution in [0, 0.1) is 5.92 Å². The highest BCUT2D eigenvalue weighted by atomic mass is 32.2. The first-order chi connectivity index (χ1) is 14.2. The summed E-state index contributed by atoms with van der Waals surface area (Å²) in [5.74, 6) is -0.484. The summed E-state index contributed by atoms with van der Waals surface area (Å²) in [4.78, 5) is 28.2. The fraction of sp³-hybridized carbons (Fsp3) is 0.545. The summed E-state index contributed by atoms with van der Waals surface area (Å²) < 4.78 is 27.5. The molecule has 30 heavy (non-hydrogen) atoms. The molecule has 0 aliphatic carbocycles. The van der Waals surface area contributed by atoms with Gasteiger partial charge in [0.2, 0.25) is 10.0 Å². The van der Waals surface area contributed by atoms with Crippen molar-refractivity contribution in [2.24, 2.45) is 5.92 Å². The second-order valence-corrected chi connectivity index (χ2v) is 10.4. The van der Waals surface area contributed by atoms with Gasteiger partial charge >= 0.3 is 11.8 Å². The zero-order valence-corrected chi connectivity index (χ0v) is 18.6. The lowest BCUT2D eigenvalue weighted by Gasteiger charge is -2.41. The maximum atomic E-state index is 13.0. The lowest BCUT2D eigenvalue weighted by Crippen LogP contribution is -2.59. The summed E-state index contributed by atoms with van der Waals surface area (Å²) in [6, 6.07) is 7.02. The smallest absolute Gasteiger partial charge is 0.312 e. The molecule has 0 saturated carbocycles. The van der Waals surface area contributed by atoms with Crippen molar-refractivity contribution in [1.82, 2.24) is 14.1 Å². The van der Waals surface area contributed by atoms with Gasteiger partial charge in [-0.2, -0.15) is 4.31 Å². The Morgan fingerprint density at radius 1 is 1.03 bits per heavy atom. The molecule has 2 saturated heterocycles. The summed E-state index contributed by atoms with van der Waals surface area (Å²) in [5, 5.41) is 0. The Kier molecular flexibility index (Phi) is 6.98. The number of hydrogen-bond donors (Lipinski definition) is 0. The van der Waals surface area contributed by atoms with Gasteiger partial charge in [0, 0.05) is 38.8 Å². The van der Waals surface area contributed by atoms with Crippen LogP contribution >= 0.6 is 0 Å².